The summed E-state index contributed by atoms with van der Waals surface area (Å²) in [6.07, 6.45) is 0.855. The molecule has 1 rings (SSSR count). The van der Waals surface area contributed by atoms with Gasteiger partial charge in [-0.25, -0.2) is 0 Å². The number of nitrogens with zero attached hydrogens (tertiary/aromatic N) is 4. The van der Waals surface area contributed by atoms with Gasteiger partial charge < -0.3 is 14.9 Å². The molecule has 1 unspecified atom stereocenters. The maximum absolute atomic E-state index is 11.0. The number of rotatable bonds is 8. The lowest BCUT2D eigenvalue weighted by atomic mass is 10.2. The molecule has 0 aliphatic rings. The van der Waals surface area contributed by atoms with Crippen molar-refractivity contribution in [1.29, 1.82) is 0 Å². The molecule has 19 heavy (non-hydrogen) atoms. The maximum Gasteiger partial charge on any atom is 0.308 e. The Hall–Kier alpha value is -1.21. The molecule has 1 heterocycles. The van der Waals surface area contributed by atoms with Crippen LogP contribution in [0.4, 0.5) is 5.13 Å². The van der Waals surface area contributed by atoms with Gasteiger partial charge >= 0.3 is 5.97 Å². The van der Waals surface area contributed by atoms with E-state index in [9.17, 15) is 4.79 Å². The third-order valence-corrected chi connectivity index (χ3v) is 3.89. The first-order valence-electron chi connectivity index (χ1n) is 6.38. The molecule has 0 saturated heterocycles. The van der Waals surface area contributed by atoms with Gasteiger partial charge in [0.25, 0.3) is 0 Å². The van der Waals surface area contributed by atoms with Crippen LogP contribution in [0.3, 0.4) is 0 Å². The first kappa shape index (κ1) is 15.8. The summed E-state index contributed by atoms with van der Waals surface area (Å²) in [7, 11) is 3.99. The van der Waals surface area contributed by atoms with Gasteiger partial charge in [0, 0.05) is 19.6 Å². The second-order valence-electron chi connectivity index (χ2n) is 4.82. The van der Waals surface area contributed by atoms with Gasteiger partial charge in [-0.05, 0) is 20.5 Å². The normalized spacial score (nSPS) is 12.7. The Morgan fingerprint density at radius 1 is 1.37 bits per heavy atom. The van der Waals surface area contributed by atoms with Crippen molar-refractivity contribution in [2.75, 3.05) is 38.6 Å². The van der Waals surface area contributed by atoms with E-state index in [1.807, 2.05) is 25.9 Å². The van der Waals surface area contributed by atoms with E-state index in [4.69, 9.17) is 5.11 Å². The summed E-state index contributed by atoms with van der Waals surface area (Å²) in [6.45, 7) is 5.82. The second-order valence-corrected chi connectivity index (χ2v) is 5.86. The Labute approximate surface area is 118 Å². The summed E-state index contributed by atoms with van der Waals surface area (Å²) in [4.78, 5) is 15.1. The van der Waals surface area contributed by atoms with Crippen LogP contribution in [0, 0.1) is 5.92 Å². The summed E-state index contributed by atoms with van der Waals surface area (Å²) in [5, 5.41) is 19.1. The molecule has 0 aliphatic heterocycles. The highest BCUT2D eigenvalue weighted by Gasteiger charge is 2.19. The molecule has 0 aliphatic carbocycles. The van der Waals surface area contributed by atoms with Crippen molar-refractivity contribution in [3.63, 3.8) is 0 Å². The van der Waals surface area contributed by atoms with Gasteiger partial charge in [0.05, 0.1) is 5.92 Å². The van der Waals surface area contributed by atoms with E-state index < -0.39 is 11.9 Å². The molecule has 0 amide bonds. The van der Waals surface area contributed by atoms with E-state index in [1.54, 1.807) is 6.92 Å². The van der Waals surface area contributed by atoms with Crippen molar-refractivity contribution in [2.45, 2.75) is 20.3 Å². The highest BCUT2D eigenvalue weighted by atomic mass is 32.1. The minimum Gasteiger partial charge on any atom is -0.481 e. The van der Waals surface area contributed by atoms with Crippen molar-refractivity contribution in [2.24, 2.45) is 5.92 Å². The summed E-state index contributed by atoms with van der Waals surface area (Å²) in [6, 6.07) is 0. The molecular weight excluding hydrogens is 264 g/mol. The third kappa shape index (κ3) is 5.12. The van der Waals surface area contributed by atoms with Crippen LogP contribution in [0.2, 0.25) is 0 Å². The van der Waals surface area contributed by atoms with Crippen LogP contribution in [0.5, 0.6) is 0 Å². The molecule has 1 aromatic rings. The topological polar surface area (TPSA) is 69.6 Å². The van der Waals surface area contributed by atoms with Gasteiger partial charge in [-0.15, -0.1) is 10.2 Å². The van der Waals surface area contributed by atoms with E-state index in [-0.39, 0.29) is 0 Å². The number of aromatic nitrogens is 2. The van der Waals surface area contributed by atoms with E-state index >= 15 is 0 Å². The minimum absolute atomic E-state index is 0.420. The lowest BCUT2D eigenvalue weighted by Gasteiger charge is -2.24. The molecular formula is C12H22N4O2S. The van der Waals surface area contributed by atoms with Gasteiger partial charge in [-0.2, -0.15) is 0 Å². The zero-order valence-corrected chi connectivity index (χ0v) is 12.8. The number of carboxylic acids is 1. The predicted octanol–water partition coefficient (Wildman–Crippen LogP) is 1.19. The summed E-state index contributed by atoms with van der Waals surface area (Å²) in [5.41, 5.74) is 0. The molecule has 7 heteroatoms. The third-order valence-electron chi connectivity index (χ3n) is 2.76. The number of aliphatic carboxylic acids is 1. The van der Waals surface area contributed by atoms with Gasteiger partial charge in [0.1, 0.15) is 5.01 Å². The Bertz CT molecular complexity index is 408. The number of hydrogen-bond acceptors (Lipinski definition) is 6. The highest BCUT2D eigenvalue weighted by molar-refractivity contribution is 7.15. The summed E-state index contributed by atoms with van der Waals surface area (Å²) in [5.74, 6) is -1.20. The van der Waals surface area contributed by atoms with Crippen LogP contribution >= 0.6 is 11.3 Å². The Morgan fingerprint density at radius 2 is 2.05 bits per heavy atom. The van der Waals surface area contributed by atoms with Gasteiger partial charge in [-0.3, -0.25) is 4.79 Å². The second kappa shape index (κ2) is 7.40. The molecule has 1 aromatic heterocycles. The minimum atomic E-state index is -0.782. The predicted molar refractivity (Wildman–Crippen MR) is 76.9 cm³/mol. The van der Waals surface area contributed by atoms with Crippen LogP contribution in [-0.2, 0) is 11.2 Å². The maximum atomic E-state index is 11.0. The van der Waals surface area contributed by atoms with Crippen LogP contribution in [0.15, 0.2) is 0 Å². The number of carbonyl (C=O) groups is 1. The number of likely N-dealkylation sites (N-methyl/N-ethyl adjacent to an activating group) is 1. The Kier molecular flexibility index (Phi) is 6.17. The van der Waals surface area contributed by atoms with Crippen molar-refractivity contribution in [1.82, 2.24) is 15.1 Å². The van der Waals surface area contributed by atoms with Crippen LogP contribution in [0.1, 0.15) is 18.9 Å². The molecule has 0 saturated carbocycles. The largest absolute Gasteiger partial charge is 0.481 e. The standard InChI is InChI=1S/C12H22N4O2S/c1-5-10-13-14-12(19-10)16(7-6-15(3)4)8-9(2)11(17)18/h9H,5-8H2,1-4H3,(H,17,18). The van der Waals surface area contributed by atoms with Crippen LogP contribution < -0.4 is 4.90 Å². The molecule has 0 bridgehead atoms. The lowest BCUT2D eigenvalue weighted by molar-refractivity contribution is -0.140. The van der Waals surface area contributed by atoms with Gasteiger partial charge in [0.15, 0.2) is 0 Å². The van der Waals surface area contributed by atoms with Crippen LogP contribution in [-0.4, -0.2) is 59.9 Å². The van der Waals surface area contributed by atoms with Crippen molar-refractivity contribution < 1.29 is 9.90 Å². The molecule has 0 spiro atoms. The van der Waals surface area contributed by atoms with E-state index in [2.05, 4.69) is 15.1 Å². The van der Waals surface area contributed by atoms with Gasteiger partial charge in [-0.1, -0.05) is 25.2 Å². The number of aryl methyl sites for hydroxylation is 1. The Balaban J connectivity index is 2.75. The fraction of sp³-hybridized carbons (Fsp3) is 0.750. The highest BCUT2D eigenvalue weighted by Crippen LogP contribution is 2.21. The van der Waals surface area contributed by atoms with E-state index in [0.29, 0.717) is 6.54 Å². The zero-order chi connectivity index (χ0) is 14.4. The van der Waals surface area contributed by atoms with E-state index in [1.165, 1.54) is 11.3 Å². The van der Waals surface area contributed by atoms with E-state index in [0.717, 1.165) is 29.6 Å². The summed E-state index contributed by atoms with van der Waals surface area (Å²) < 4.78 is 0. The van der Waals surface area contributed by atoms with Gasteiger partial charge in [0.2, 0.25) is 5.13 Å². The van der Waals surface area contributed by atoms with Crippen molar-refractivity contribution in [3.8, 4) is 0 Å². The quantitative estimate of drug-likeness (QED) is 0.774. The number of anilines is 1. The number of carboxylic acid groups (broad SMARTS) is 1. The fourth-order valence-corrected chi connectivity index (χ4v) is 2.32. The van der Waals surface area contributed by atoms with Crippen molar-refractivity contribution in [3.05, 3.63) is 5.01 Å². The molecule has 6 nitrogen and oxygen atoms in total. The average Bonchev–Trinajstić information content (AvgIpc) is 2.82. The SMILES string of the molecule is CCc1nnc(N(CCN(C)C)CC(C)C(=O)O)s1. The average molecular weight is 286 g/mol. The first-order valence-corrected chi connectivity index (χ1v) is 7.20. The van der Waals surface area contributed by atoms with Crippen LogP contribution in [0.25, 0.3) is 0 Å². The monoisotopic (exact) mass is 286 g/mol. The molecule has 1 atom stereocenters. The molecule has 0 aromatic carbocycles. The molecule has 1 N–H and O–H groups in total. The number of hydrogen-bond donors (Lipinski definition) is 1. The fourth-order valence-electron chi connectivity index (χ4n) is 1.51. The lowest BCUT2D eigenvalue weighted by Crippen LogP contribution is -2.36. The smallest absolute Gasteiger partial charge is 0.308 e. The summed E-state index contributed by atoms with van der Waals surface area (Å²) >= 11 is 1.54. The molecule has 0 radical (unpaired) electrons. The molecule has 0 fully saturated rings. The Morgan fingerprint density at radius 3 is 2.53 bits per heavy atom. The first-order chi connectivity index (χ1) is 8.93. The zero-order valence-electron chi connectivity index (χ0n) is 12.0. The molecule has 108 valence electrons. The van der Waals surface area contributed by atoms with Crippen molar-refractivity contribution >= 4 is 22.4 Å².